The molecule has 1 aromatic heterocycles. The molecule has 0 atom stereocenters. The molecule has 2 aromatic carbocycles. The van der Waals surface area contributed by atoms with Crippen LogP contribution in [0.2, 0.25) is 0 Å². The van der Waals surface area contributed by atoms with Gasteiger partial charge in [-0.05, 0) is 57.6 Å². The van der Waals surface area contributed by atoms with Crippen LogP contribution in [-0.4, -0.2) is 12.1 Å². The SMILES string of the molecule is O=C(N/N=C\c1ccc(I)o1)c1ccc2ccccc2c1. The van der Waals surface area contributed by atoms with Crippen molar-refractivity contribution in [3.05, 3.63) is 69.7 Å². The molecule has 104 valence electrons. The molecule has 3 aromatic rings. The number of rotatable bonds is 3. The van der Waals surface area contributed by atoms with Crippen molar-refractivity contribution in [2.24, 2.45) is 5.10 Å². The summed E-state index contributed by atoms with van der Waals surface area (Å²) < 4.78 is 6.09. The van der Waals surface area contributed by atoms with Crippen LogP contribution in [0.25, 0.3) is 10.8 Å². The zero-order valence-corrected chi connectivity index (χ0v) is 13.1. The third-order valence-electron chi connectivity index (χ3n) is 2.96. The van der Waals surface area contributed by atoms with Crippen LogP contribution in [0.5, 0.6) is 0 Å². The molecule has 0 spiro atoms. The average Bonchev–Trinajstić information content (AvgIpc) is 2.92. The van der Waals surface area contributed by atoms with Crippen molar-refractivity contribution in [3.63, 3.8) is 0 Å². The highest BCUT2D eigenvalue weighted by Gasteiger charge is 2.05. The fourth-order valence-electron chi connectivity index (χ4n) is 1.95. The minimum atomic E-state index is -0.252. The summed E-state index contributed by atoms with van der Waals surface area (Å²) in [4.78, 5) is 12.0. The molecule has 5 heteroatoms. The Morgan fingerprint density at radius 3 is 2.67 bits per heavy atom. The van der Waals surface area contributed by atoms with Gasteiger partial charge < -0.3 is 4.42 Å². The molecule has 0 bridgehead atoms. The first-order valence-electron chi connectivity index (χ1n) is 6.30. The van der Waals surface area contributed by atoms with E-state index in [0.29, 0.717) is 11.3 Å². The van der Waals surface area contributed by atoms with Crippen LogP contribution in [0.1, 0.15) is 16.1 Å². The van der Waals surface area contributed by atoms with E-state index < -0.39 is 0 Å². The van der Waals surface area contributed by atoms with Gasteiger partial charge in [0.2, 0.25) is 0 Å². The quantitative estimate of drug-likeness (QED) is 0.420. The van der Waals surface area contributed by atoms with E-state index in [1.165, 1.54) is 6.21 Å². The smallest absolute Gasteiger partial charge is 0.271 e. The summed E-state index contributed by atoms with van der Waals surface area (Å²) in [6.07, 6.45) is 1.47. The largest absolute Gasteiger partial charge is 0.449 e. The molecule has 0 saturated heterocycles. The highest BCUT2D eigenvalue weighted by Crippen LogP contribution is 2.15. The van der Waals surface area contributed by atoms with Crippen LogP contribution in [0.3, 0.4) is 0 Å². The molecule has 1 heterocycles. The summed E-state index contributed by atoms with van der Waals surface area (Å²) in [5, 5.41) is 6.01. The Hall–Kier alpha value is -2.15. The summed E-state index contributed by atoms with van der Waals surface area (Å²) in [5.74, 6) is 0.344. The molecule has 21 heavy (non-hydrogen) atoms. The highest BCUT2D eigenvalue weighted by molar-refractivity contribution is 14.1. The Morgan fingerprint density at radius 1 is 1.10 bits per heavy atom. The normalized spacial score (nSPS) is 11.1. The van der Waals surface area contributed by atoms with Gasteiger partial charge >= 0.3 is 0 Å². The second kappa shape index (κ2) is 6.09. The third kappa shape index (κ3) is 3.30. The first-order chi connectivity index (χ1) is 10.2. The Kier molecular flexibility index (Phi) is 4.01. The van der Waals surface area contributed by atoms with Gasteiger partial charge in [-0.2, -0.15) is 5.10 Å². The van der Waals surface area contributed by atoms with Gasteiger partial charge in [-0.3, -0.25) is 4.79 Å². The van der Waals surface area contributed by atoms with Crippen LogP contribution < -0.4 is 5.43 Å². The minimum absolute atomic E-state index is 0.252. The number of carbonyl (C=O) groups excluding carboxylic acids is 1. The van der Waals surface area contributed by atoms with Crippen molar-refractivity contribution in [1.82, 2.24) is 5.43 Å². The average molecular weight is 390 g/mol. The number of fused-ring (bicyclic) bond motifs is 1. The number of nitrogens with one attached hydrogen (secondary N) is 1. The molecule has 1 amide bonds. The zero-order chi connectivity index (χ0) is 14.7. The number of furan rings is 1. The van der Waals surface area contributed by atoms with Gasteiger partial charge in [0.15, 0.2) is 3.77 Å². The Bertz CT molecular complexity index is 824. The summed E-state index contributed by atoms with van der Waals surface area (Å²) >= 11 is 2.07. The predicted molar refractivity (Wildman–Crippen MR) is 90.4 cm³/mol. The topological polar surface area (TPSA) is 54.6 Å². The molecule has 3 rings (SSSR count). The van der Waals surface area contributed by atoms with Gasteiger partial charge in [-0.15, -0.1) is 0 Å². The van der Waals surface area contributed by atoms with Crippen LogP contribution in [0.15, 0.2) is 64.1 Å². The van der Waals surface area contributed by atoms with E-state index in [9.17, 15) is 4.79 Å². The van der Waals surface area contributed by atoms with E-state index in [1.54, 1.807) is 12.1 Å². The van der Waals surface area contributed by atoms with Crippen LogP contribution in [-0.2, 0) is 0 Å². The van der Waals surface area contributed by atoms with E-state index in [2.05, 4.69) is 33.1 Å². The molecule has 0 aliphatic rings. The lowest BCUT2D eigenvalue weighted by atomic mass is 10.1. The number of carbonyl (C=O) groups is 1. The first-order valence-corrected chi connectivity index (χ1v) is 7.38. The van der Waals surface area contributed by atoms with E-state index >= 15 is 0 Å². The van der Waals surface area contributed by atoms with E-state index in [-0.39, 0.29) is 5.91 Å². The second-order valence-corrected chi connectivity index (χ2v) is 5.47. The number of amides is 1. The van der Waals surface area contributed by atoms with Gasteiger partial charge in [0.05, 0.1) is 6.21 Å². The number of nitrogens with zero attached hydrogens (tertiary/aromatic N) is 1. The Morgan fingerprint density at radius 2 is 1.90 bits per heavy atom. The minimum Gasteiger partial charge on any atom is -0.449 e. The number of hydrogen-bond acceptors (Lipinski definition) is 3. The summed E-state index contributed by atoms with van der Waals surface area (Å²) in [7, 11) is 0. The number of hydrazone groups is 1. The molecule has 0 saturated carbocycles. The van der Waals surface area contributed by atoms with Gasteiger partial charge in [-0.25, -0.2) is 5.43 Å². The second-order valence-electron chi connectivity index (χ2n) is 4.40. The van der Waals surface area contributed by atoms with Crippen molar-refractivity contribution in [2.45, 2.75) is 0 Å². The molecular weight excluding hydrogens is 379 g/mol. The number of halogens is 1. The van der Waals surface area contributed by atoms with Gasteiger partial charge in [-0.1, -0.05) is 30.3 Å². The maximum Gasteiger partial charge on any atom is 0.271 e. The van der Waals surface area contributed by atoms with Crippen molar-refractivity contribution in [1.29, 1.82) is 0 Å². The van der Waals surface area contributed by atoms with Crippen LogP contribution >= 0.6 is 22.6 Å². The molecule has 0 fully saturated rings. The molecular formula is C16H11IN2O2. The molecule has 0 radical (unpaired) electrons. The van der Waals surface area contributed by atoms with Crippen molar-refractivity contribution >= 4 is 45.5 Å². The lowest BCUT2D eigenvalue weighted by Gasteiger charge is -2.02. The van der Waals surface area contributed by atoms with Crippen molar-refractivity contribution in [2.75, 3.05) is 0 Å². The summed E-state index contributed by atoms with van der Waals surface area (Å²) in [5.41, 5.74) is 3.06. The monoisotopic (exact) mass is 390 g/mol. The van der Waals surface area contributed by atoms with Crippen molar-refractivity contribution < 1.29 is 9.21 Å². The lowest BCUT2D eigenvalue weighted by Crippen LogP contribution is -2.17. The maximum absolute atomic E-state index is 12.0. The molecule has 0 aliphatic heterocycles. The van der Waals surface area contributed by atoms with Gasteiger partial charge in [0.25, 0.3) is 5.91 Å². The predicted octanol–water partition coefficient (Wildman–Crippen LogP) is 3.80. The van der Waals surface area contributed by atoms with E-state index in [0.717, 1.165) is 14.5 Å². The Balaban J connectivity index is 1.73. The maximum atomic E-state index is 12.0. The summed E-state index contributed by atoms with van der Waals surface area (Å²) in [6.45, 7) is 0. The Labute approximate surface area is 135 Å². The fourth-order valence-corrected chi connectivity index (χ4v) is 2.38. The lowest BCUT2D eigenvalue weighted by molar-refractivity contribution is 0.0955. The highest BCUT2D eigenvalue weighted by atomic mass is 127. The third-order valence-corrected chi connectivity index (χ3v) is 3.54. The molecule has 0 unspecified atom stereocenters. The first kappa shape index (κ1) is 13.8. The van der Waals surface area contributed by atoms with E-state index in [4.69, 9.17) is 4.42 Å². The molecule has 0 aliphatic carbocycles. The van der Waals surface area contributed by atoms with Crippen LogP contribution in [0.4, 0.5) is 0 Å². The standard InChI is InChI=1S/C16H11IN2O2/c17-15-8-7-14(21-15)10-18-19-16(20)13-6-5-11-3-1-2-4-12(11)9-13/h1-10H,(H,19,20)/b18-10-. The van der Waals surface area contributed by atoms with Gasteiger partial charge in [0, 0.05) is 5.56 Å². The van der Waals surface area contributed by atoms with Crippen LogP contribution in [0, 0.1) is 3.77 Å². The fraction of sp³-hybridized carbons (Fsp3) is 0. The molecule has 1 N–H and O–H groups in total. The number of benzene rings is 2. The summed E-state index contributed by atoms with van der Waals surface area (Å²) in [6, 6.07) is 17.0. The van der Waals surface area contributed by atoms with Crippen molar-refractivity contribution in [3.8, 4) is 0 Å². The van der Waals surface area contributed by atoms with Gasteiger partial charge in [0.1, 0.15) is 5.76 Å². The molecule has 4 nitrogen and oxygen atoms in total. The number of hydrogen-bond donors (Lipinski definition) is 1. The van der Waals surface area contributed by atoms with E-state index in [1.807, 2.05) is 42.5 Å². The zero-order valence-electron chi connectivity index (χ0n) is 10.9.